The maximum atomic E-state index is 12.7. The first-order valence-electron chi connectivity index (χ1n) is 7.38. The summed E-state index contributed by atoms with van der Waals surface area (Å²) in [4.78, 5) is 12.7. The number of benzene rings is 2. The lowest BCUT2D eigenvalue weighted by Gasteiger charge is -2.17. The van der Waals surface area contributed by atoms with Crippen LogP contribution < -0.4 is 14.8 Å². The molecule has 1 saturated carbocycles. The van der Waals surface area contributed by atoms with Gasteiger partial charge >= 0.3 is 0 Å². The largest absolute Gasteiger partial charge is 0.493 e. The maximum absolute atomic E-state index is 12.7. The highest BCUT2D eigenvalue weighted by Gasteiger charge is 2.51. The highest BCUT2D eigenvalue weighted by molar-refractivity contribution is 6.30. The van der Waals surface area contributed by atoms with Crippen LogP contribution in [0.4, 0.5) is 5.69 Å². The van der Waals surface area contributed by atoms with E-state index in [-0.39, 0.29) is 5.91 Å². The van der Waals surface area contributed by atoms with Gasteiger partial charge in [-0.3, -0.25) is 4.79 Å². The van der Waals surface area contributed by atoms with Crippen LogP contribution in [0, 0.1) is 0 Å². The van der Waals surface area contributed by atoms with Crippen LogP contribution in [0.1, 0.15) is 18.4 Å². The molecule has 5 heteroatoms. The standard InChI is InChI=1S/C18H18ClNO3/c1-22-15-7-6-14(11-16(15)23-2)20-17(21)18(8-9-18)12-4-3-5-13(19)10-12/h3-7,10-11H,8-9H2,1-2H3,(H,20,21). The molecule has 0 unspecified atom stereocenters. The van der Waals surface area contributed by atoms with E-state index in [1.807, 2.05) is 24.3 Å². The predicted molar refractivity (Wildman–Crippen MR) is 90.5 cm³/mol. The number of rotatable bonds is 5. The Hall–Kier alpha value is -2.20. The average Bonchev–Trinajstić information content (AvgIpc) is 3.36. The van der Waals surface area contributed by atoms with Gasteiger partial charge in [-0.1, -0.05) is 23.7 Å². The van der Waals surface area contributed by atoms with E-state index in [1.165, 1.54) is 0 Å². The van der Waals surface area contributed by atoms with Gasteiger partial charge in [-0.05, 0) is 42.7 Å². The lowest BCUT2D eigenvalue weighted by Crippen LogP contribution is -2.27. The molecule has 1 aliphatic carbocycles. The fourth-order valence-corrected chi connectivity index (χ4v) is 2.91. The first kappa shape index (κ1) is 15.7. The Kier molecular flexibility index (Phi) is 4.18. The topological polar surface area (TPSA) is 47.6 Å². The van der Waals surface area contributed by atoms with Gasteiger partial charge in [-0.2, -0.15) is 0 Å². The smallest absolute Gasteiger partial charge is 0.235 e. The fourth-order valence-electron chi connectivity index (χ4n) is 2.72. The number of ether oxygens (including phenoxy) is 2. The van der Waals surface area contributed by atoms with Crippen LogP contribution in [0.2, 0.25) is 5.02 Å². The van der Waals surface area contributed by atoms with E-state index in [0.717, 1.165) is 18.4 Å². The number of nitrogens with one attached hydrogen (secondary N) is 1. The predicted octanol–water partition coefficient (Wildman–Crippen LogP) is 4.03. The van der Waals surface area contributed by atoms with E-state index in [0.29, 0.717) is 22.2 Å². The van der Waals surface area contributed by atoms with Crippen LogP contribution in [-0.2, 0) is 10.2 Å². The van der Waals surface area contributed by atoms with Crippen LogP contribution in [0.25, 0.3) is 0 Å². The summed E-state index contributed by atoms with van der Waals surface area (Å²) in [6.45, 7) is 0. The Morgan fingerprint density at radius 2 is 1.83 bits per heavy atom. The summed E-state index contributed by atoms with van der Waals surface area (Å²) in [7, 11) is 3.15. The fraction of sp³-hybridized carbons (Fsp3) is 0.278. The molecule has 0 atom stereocenters. The third-order valence-corrected chi connectivity index (χ3v) is 4.44. The maximum Gasteiger partial charge on any atom is 0.235 e. The summed E-state index contributed by atoms with van der Waals surface area (Å²) in [6, 6.07) is 12.8. The molecule has 1 N–H and O–H groups in total. The van der Waals surface area contributed by atoms with Crippen LogP contribution >= 0.6 is 11.6 Å². The molecule has 4 nitrogen and oxygen atoms in total. The Balaban J connectivity index is 1.82. The molecule has 0 aromatic heterocycles. The minimum atomic E-state index is -0.474. The van der Waals surface area contributed by atoms with E-state index in [1.54, 1.807) is 32.4 Å². The van der Waals surface area contributed by atoms with Crippen molar-refractivity contribution in [1.29, 1.82) is 0 Å². The molecule has 3 rings (SSSR count). The van der Waals surface area contributed by atoms with Gasteiger partial charge in [0.2, 0.25) is 5.91 Å². The quantitative estimate of drug-likeness (QED) is 0.900. The van der Waals surface area contributed by atoms with Crippen molar-refractivity contribution in [1.82, 2.24) is 0 Å². The van der Waals surface area contributed by atoms with Crippen LogP contribution in [0.3, 0.4) is 0 Å². The van der Waals surface area contributed by atoms with Gasteiger partial charge in [0.25, 0.3) is 0 Å². The molecule has 0 aliphatic heterocycles. The van der Waals surface area contributed by atoms with Gasteiger partial charge in [0.1, 0.15) is 0 Å². The third kappa shape index (κ3) is 2.99. The van der Waals surface area contributed by atoms with Crippen LogP contribution in [0.15, 0.2) is 42.5 Å². The molecule has 0 heterocycles. The molecule has 0 spiro atoms. The van der Waals surface area contributed by atoms with Crippen molar-refractivity contribution in [2.24, 2.45) is 0 Å². The second-order valence-corrected chi connectivity index (χ2v) is 6.05. The normalized spacial score (nSPS) is 14.9. The lowest BCUT2D eigenvalue weighted by atomic mass is 9.95. The van der Waals surface area contributed by atoms with Gasteiger partial charge < -0.3 is 14.8 Å². The van der Waals surface area contributed by atoms with Crippen molar-refractivity contribution in [3.05, 3.63) is 53.1 Å². The molecule has 1 fully saturated rings. The van der Waals surface area contributed by atoms with Crippen molar-refractivity contribution in [3.63, 3.8) is 0 Å². The third-order valence-electron chi connectivity index (χ3n) is 4.20. The molecule has 0 saturated heterocycles. The number of hydrogen-bond donors (Lipinski definition) is 1. The zero-order valence-corrected chi connectivity index (χ0v) is 13.8. The van der Waals surface area contributed by atoms with E-state index >= 15 is 0 Å². The van der Waals surface area contributed by atoms with Crippen molar-refractivity contribution in [3.8, 4) is 11.5 Å². The van der Waals surface area contributed by atoms with Gasteiger partial charge in [-0.15, -0.1) is 0 Å². The number of halogens is 1. The second-order valence-electron chi connectivity index (χ2n) is 5.62. The number of anilines is 1. The number of carbonyl (C=O) groups is 1. The highest BCUT2D eigenvalue weighted by Crippen LogP contribution is 2.49. The molecule has 0 bridgehead atoms. The van der Waals surface area contributed by atoms with E-state index in [2.05, 4.69) is 5.32 Å². The summed E-state index contributed by atoms with van der Waals surface area (Å²) in [5.74, 6) is 1.19. The lowest BCUT2D eigenvalue weighted by molar-refractivity contribution is -0.118. The first-order valence-corrected chi connectivity index (χ1v) is 7.76. The molecule has 120 valence electrons. The Labute approximate surface area is 140 Å². The number of carbonyl (C=O) groups excluding carboxylic acids is 1. The Morgan fingerprint density at radius 3 is 2.43 bits per heavy atom. The molecule has 23 heavy (non-hydrogen) atoms. The SMILES string of the molecule is COc1ccc(NC(=O)C2(c3cccc(Cl)c3)CC2)cc1OC. The molecule has 1 aliphatic rings. The van der Waals surface area contributed by atoms with Gasteiger partial charge in [0.05, 0.1) is 19.6 Å². The van der Waals surface area contributed by atoms with Crippen LogP contribution in [-0.4, -0.2) is 20.1 Å². The van der Waals surface area contributed by atoms with Gasteiger partial charge in [-0.25, -0.2) is 0 Å². The molecule has 2 aromatic rings. The Morgan fingerprint density at radius 1 is 1.09 bits per heavy atom. The molecular formula is C18H18ClNO3. The summed E-state index contributed by atoms with van der Waals surface area (Å²) >= 11 is 6.05. The van der Waals surface area contributed by atoms with Crippen molar-refractivity contribution in [2.45, 2.75) is 18.3 Å². The van der Waals surface area contributed by atoms with Gasteiger partial charge in [0, 0.05) is 16.8 Å². The van der Waals surface area contributed by atoms with E-state index in [9.17, 15) is 4.79 Å². The first-order chi connectivity index (χ1) is 11.1. The summed E-state index contributed by atoms with van der Waals surface area (Å²) in [6.07, 6.45) is 1.65. The number of amides is 1. The minimum absolute atomic E-state index is 0.0213. The number of hydrogen-bond acceptors (Lipinski definition) is 3. The van der Waals surface area contributed by atoms with E-state index < -0.39 is 5.41 Å². The summed E-state index contributed by atoms with van der Waals surface area (Å²) in [5.41, 5.74) is 1.17. The monoisotopic (exact) mass is 331 g/mol. The molecule has 1 amide bonds. The van der Waals surface area contributed by atoms with Crippen molar-refractivity contribution >= 4 is 23.2 Å². The van der Waals surface area contributed by atoms with Crippen LogP contribution in [0.5, 0.6) is 11.5 Å². The highest BCUT2D eigenvalue weighted by atomic mass is 35.5. The van der Waals surface area contributed by atoms with Crippen molar-refractivity contribution in [2.75, 3.05) is 19.5 Å². The average molecular weight is 332 g/mol. The minimum Gasteiger partial charge on any atom is -0.493 e. The second kappa shape index (κ2) is 6.13. The molecule has 2 aromatic carbocycles. The zero-order valence-electron chi connectivity index (χ0n) is 13.1. The summed E-state index contributed by atoms with van der Waals surface area (Å²) in [5, 5.41) is 3.62. The van der Waals surface area contributed by atoms with E-state index in [4.69, 9.17) is 21.1 Å². The Bertz CT molecular complexity index is 741. The summed E-state index contributed by atoms with van der Waals surface area (Å²) < 4.78 is 10.5. The molecule has 0 radical (unpaired) electrons. The zero-order chi connectivity index (χ0) is 16.4. The number of methoxy groups -OCH3 is 2. The van der Waals surface area contributed by atoms with Gasteiger partial charge in [0.15, 0.2) is 11.5 Å². The van der Waals surface area contributed by atoms with Crippen molar-refractivity contribution < 1.29 is 14.3 Å². The molecular weight excluding hydrogens is 314 g/mol.